The first-order valence-corrected chi connectivity index (χ1v) is 6.23. The molecule has 0 atom stereocenters. The van der Waals surface area contributed by atoms with Gasteiger partial charge < -0.3 is 0 Å². The minimum Gasteiger partial charge on any atom is -0.106 e. The van der Waals surface area contributed by atoms with Crippen molar-refractivity contribution in [1.29, 1.82) is 0 Å². The summed E-state index contributed by atoms with van der Waals surface area (Å²) in [6.07, 6.45) is 12.7. The molecule has 0 saturated heterocycles. The molecule has 2 heterocycles. The average Bonchev–Trinajstić information content (AvgIpc) is 2.62. The number of hydrogen-bond acceptors (Lipinski definition) is 2. The summed E-state index contributed by atoms with van der Waals surface area (Å²) in [5.74, 6) is 0. The molecule has 2 heteroatoms. The zero-order valence-electron chi connectivity index (χ0n) is 7.59. The molecule has 0 saturated carbocycles. The van der Waals surface area contributed by atoms with Crippen molar-refractivity contribution in [3.63, 3.8) is 0 Å². The maximum atomic E-state index is 2.14. The fourth-order valence-electron chi connectivity index (χ4n) is 1.19. The van der Waals surface area contributed by atoms with E-state index in [4.69, 9.17) is 0 Å². The fourth-order valence-corrected chi connectivity index (χ4v) is 2.16. The highest BCUT2D eigenvalue weighted by molar-refractivity contribution is 8.05. The Kier molecular flexibility index (Phi) is 3.55. The number of allylic oxidation sites excluding steroid dienone is 8. The third-order valence-corrected chi connectivity index (χ3v) is 3.07. The summed E-state index contributed by atoms with van der Waals surface area (Å²) in [4.78, 5) is 0. The van der Waals surface area contributed by atoms with E-state index >= 15 is 0 Å². The molecule has 0 spiro atoms. The second kappa shape index (κ2) is 5.13. The summed E-state index contributed by atoms with van der Waals surface area (Å²) < 4.78 is 0. The van der Waals surface area contributed by atoms with Gasteiger partial charge in [-0.25, -0.2) is 0 Å². The van der Waals surface area contributed by atoms with Crippen LogP contribution in [0.25, 0.3) is 0 Å². The zero-order valence-corrected chi connectivity index (χ0v) is 9.22. The lowest BCUT2D eigenvalue weighted by Crippen LogP contribution is -1.80. The van der Waals surface area contributed by atoms with Crippen LogP contribution >= 0.6 is 23.5 Å². The lowest BCUT2D eigenvalue weighted by atomic mass is 10.1. The van der Waals surface area contributed by atoms with Crippen LogP contribution in [0.15, 0.2) is 69.2 Å². The van der Waals surface area contributed by atoms with Gasteiger partial charge >= 0.3 is 0 Å². The standard InChI is InChI=1S/C12H10S2/c1-3-11(5-9-13-7-1)12-4-2-8-14-10-6-12/h1-10H. The molecule has 2 aliphatic heterocycles. The molecule has 0 amide bonds. The Labute approximate surface area is 92.9 Å². The van der Waals surface area contributed by atoms with Crippen molar-refractivity contribution in [2.24, 2.45) is 0 Å². The van der Waals surface area contributed by atoms with Crippen molar-refractivity contribution in [3.05, 3.63) is 69.2 Å². The number of thioether (sulfide) groups is 2. The van der Waals surface area contributed by atoms with Crippen molar-refractivity contribution in [2.45, 2.75) is 0 Å². The lowest BCUT2D eigenvalue weighted by molar-refractivity contribution is 1.56. The first-order chi connectivity index (χ1) is 6.97. The fraction of sp³-hybridized carbons (Fsp3) is 0. The van der Waals surface area contributed by atoms with Gasteiger partial charge in [-0.2, -0.15) is 0 Å². The zero-order chi connectivity index (χ0) is 9.64. The van der Waals surface area contributed by atoms with E-state index in [-0.39, 0.29) is 0 Å². The largest absolute Gasteiger partial charge is 0.106 e. The van der Waals surface area contributed by atoms with Crippen LogP contribution < -0.4 is 0 Å². The SMILES string of the molecule is C1=CSC=CC(C2=CC=CSC=C2)=C1. The van der Waals surface area contributed by atoms with Crippen molar-refractivity contribution in [1.82, 2.24) is 0 Å². The van der Waals surface area contributed by atoms with Crippen LogP contribution in [-0.2, 0) is 0 Å². The summed E-state index contributed by atoms with van der Waals surface area (Å²) in [5.41, 5.74) is 2.52. The molecule has 2 aliphatic rings. The second-order valence-corrected chi connectivity index (χ2v) is 4.41. The monoisotopic (exact) mass is 218 g/mol. The Bertz CT molecular complexity index is 341. The first-order valence-electron chi connectivity index (χ1n) is 4.35. The average molecular weight is 218 g/mol. The van der Waals surface area contributed by atoms with E-state index < -0.39 is 0 Å². The smallest absolute Gasteiger partial charge is 0.0178 e. The molecule has 0 aromatic carbocycles. The van der Waals surface area contributed by atoms with E-state index in [1.165, 1.54) is 11.1 Å². The molecule has 0 bridgehead atoms. The van der Waals surface area contributed by atoms with Gasteiger partial charge in [0.2, 0.25) is 0 Å². The van der Waals surface area contributed by atoms with Crippen LogP contribution in [0.2, 0.25) is 0 Å². The summed E-state index contributed by atoms with van der Waals surface area (Å²) in [7, 11) is 0. The highest BCUT2D eigenvalue weighted by Crippen LogP contribution is 2.22. The second-order valence-electron chi connectivity index (χ2n) is 2.78. The quantitative estimate of drug-likeness (QED) is 0.640. The van der Waals surface area contributed by atoms with E-state index in [2.05, 4.69) is 58.1 Å². The van der Waals surface area contributed by atoms with Crippen LogP contribution in [0.4, 0.5) is 0 Å². The molecule has 0 aliphatic carbocycles. The van der Waals surface area contributed by atoms with Gasteiger partial charge in [0, 0.05) is 0 Å². The van der Waals surface area contributed by atoms with Crippen LogP contribution in [0.3, 0.4) is 0 Å². The maximum absolute atomic E-state index is 2.14. The first kappa shape index (κ1) is 9.69. The minimum atomic E-state index is 1.26. The molecule has 14 heavy (non-hydrogen) atoms. The van der Waals surface area contributed by atoms with Gasteiger partial charge in [-0.15, -0.1) is 23.5 Å². The van der Waals surface area contributed by atoms with Crippen LogP contribution in [0, 0.1) is 0 Å². The third-order valence-electron chi connectivity index (χ3n) is 1.85. The predicted molar refractivity (Wildman–Crippen MR) is 67.9 cm³/mol. The van der Waals surface area contributed by atoms with E-state index in [9.17, 15) is 0 Å². The molecular formula is C12H10S2. The Morgan fingerprint density at radius 2 is 1.14 bits per heavy atom. The van der Waals surface area contributed by atoms with E-state index in [1.807, 2.05) is 0 Å². The molecule has 0 fully saturated rings. The molecule has 0 aromatic heterocycles. The molecular weight excluding hydrogens is 208 g/mol. The highest BCUT2D eigenvalue weighted by atomic mass is 32.2. The van der Waals surface area contributed by atoms with Crippen molar-refractivity contribution in [3.8, 4) is 0 Å². The van der Waals surface area contributed by atoms with Gasteiger partial charge in [0.05, 0.1) is 0 Å². The Morgan fingerprint density at radius 3 is 1.64 bits per heavy atom. The third kappa shape index (κ3) is 2.56. The highest BCUT2D eigenvalue weighted by Gasteiger charge is 1.99. The molecule has 0 unspecified atom stereocenters. The van der Waals surface area contributed by atoms with E-state index in [0.717, 1.165) is 0 Å². The summed E-state index contributed by atoms with van der Waals surface area (Å²) in [5, 5.41) is 8.36. The predicted octanol–water partition coefficient (Wildman–Crippen LogP) is 4.39. The molecule has 70 valence electrons. The normalized spacial score (nSPS) is 20.0. The molecule has 0 radical (unpaired) electrons. The number of rotatable bonds is 1. The number of hydrogen-bond donors (Lipinski definition) is 0. The van der Waals surface area contributed by atoms with Gasteiger partial charge in [-0.05, 0) is 44.9 Å². The van der Waals surface area contributed by atoms with Crippen molar-refractivity contribution < 1.29 is 0 Å². The van der Waals surface area contributed by atoms with Crippen molar-refractivity contribution >= 4 is 23.5 Å². The lowest BCUT2D eigenvalue weighted by Gasteiger charge is -1.99. The van der Waals surface area contributed by atoms with Crippen LogP contribution in [0.1, 0.15) is 0 Å². The van der Waals surface area contributed by atoms with E-state index in [1.54, 1.807) is 23.5 Å². The minimum absolute atomic E-state index is 1.26. The molecule has 2 rings (SSSR count). The summed E-state index contributed by atoms with van der Waals surface area (Å²) in [6.45, 7) is 0. The molecule has 0 nitrogen and oxygen atoms in total. The Balaban J connectivity index is 2.29. The van der Waals surface area contributed by atoms with Crippen LogP contribution in [0.5, 0.6) is 0 Å². The van der Waals surface area contributed by atoms with E-state index in [0.29, 0.717) is 0 Å². The summed E-state index contributed by atoms with van der Waals surface area (Å²) >= 11 is 3.40. The van der Waals surface area contributed by atoms with Crippen molar-refractivity contribution in [2.75, 3.05) is 0 Å². The van der Waals surface area contributed by atoms with Gasteiger partial charge in [0.25, 0.3) is 0 Å². The summed E-state index contributed by atoms with van der Waals surface area (Å²) in [6, 6.07) is 0. The van der Waals surface area contributed by atoms with Gasteiger partial charge in [0.15, 0.2) is 0 Å². The van der Waals surface area contributed by atoms with Gasteiger partial charge in [-0.1, -0.05) is 24.3 Å². The molecule has 0 N–H and O–H groups in total. The van der Waals surface area contributed by atoms with Crippen LogP contribution in [-0.4, -0.2) is 0 Å². The Hall–Kier alpha value is -0.860. The topological polar surface area (TPSA) is 0 Å². The Morgan fingerprint density at radius 1 is 0.643 bits per heavy atom. The van der Waals surface area contributed by atoms with Gasteiger partial charge in [0.1, 0.15) is 0 Å². The maximum Gasteiger partial charge on any atom is -0.0178 e. The van der Waals surface area contributed by atoms with Gasteiger partial charge in [-0.3, -0.25) is 0 Å². The molecule has 0 aromatic rings.